The highest BCUT2D eigenvalue weighted by atomic mass is 35.5. The van der Waals surface area contributed by atoms with Gasteiger partial charge in [-0.3, -0.25) is 14.4 Å². The summed E-state index contributed by atoms with van der Waals surface area (Å²) in [6, 6.07) is 27.3. The summed E-state index contributed by atoms with van der Waals surface area (Å²) >= 11 is 6.56. The SMILES string of the molecule is COc1cccc(C(=O)[C@@H]2[C@H](C(=O)c3ccccc3Cl)N3C=Cc4ccccc4[C@H]3[C@]23C(=O)Nc2ccccc23)c1. The molecule has 1 fully saturated rings. The van der Waals surface area contributed by atoms with Gasteiger partial charge in [0, 0.05) is 23.0 Å². The zero-order chi connectivity index (χ0) is 28.3. The van der Waals surface area contributed by atoms with Gasteiger partial charge in [0.1, 0.15) is 17.2 Å². The molecule has 4 aromatic carbocycles. The monoisotopic (exact) mass is 560 g/mol. The molecule has 4 atom stereocenters. The van der Waals surface area contributed by atoms with Gasteiger partial charge in [0.05, 0.1) is 24.1 Å². The predicted molar refractivity (Wildman–Crippen MR) is 157 cm³/mol. The quantitative estimate of drug-likeness (QED) is 0.289. The molecule has 6 nitrogen and oxygen atoms in total. The van der Waals surface area contributed by atoms with Crippen LogP contribution >= 0.6 is 11.6 Å². The van der Waals surface area contributed by atoms with Crippen molar-refractivity contribution in [1.82, 2.24) is 4.90 Å². The molecule has 1 amide bonds. The van der Waals surface area contributed by atoms with Crippen LogP contribution in [0.4, 0.5) is 5.69 Å². The standard InChI is InChI=1S/C34H25ClN2O4/c1-41-22-11-8-10-21(19-22)30(38)28-29(31(39)24-13-4-6-15-26(24)35)37-18-17-20-9-2-3-12-23(20)32(37)34(28)25-14-5-7-16-27(25)36-33(34)40/h2-19,28-29,32H,1H3,(H,36,40)/t28-,29+,32-,34+/m0/s1. The van der Waals surface area contributed by atoms with E-state index < -0.39 is 23.4 Å². The lowest BCUT2D eigenvalue weighted by atomic mass is 9.62. The molecule has 0 aromatic heterocycles. The van der Waals surface area contributed by atoms with Gasteiger partial charge < -0.3 is 15.0 Å². The molecule has 3 heterocycles. The maximum atomic E-state index is 14.8. The number of fused-ring (bicyclic) bond motifs is 6. The Morgan fingerprint density at radius 3 is 2.49 bits per heavy atom. The zero-order valence-electron chi connectivity index (χ0n) is 22.1. The largest absolute Gasteiger partial charge is 0.497 e. The number of anilines is 1. The Labute approximate surface area is 242 Å². The Morgan fingerprint density at radius 2 is 1.66 bits per heavy atom. The molecule has 7 rings (SSSR count). The van der Waals surface area contributed by atoms with Crippen molar-refractivity contribution >= 4 is 40.8 Å². The van der Waals surface area contributed by atoms with Crippen molar-refractivity contribution in [3.63, 3.8) is 0 Å². The number of hydrogen-bond acceptors (Lipinski definition) is 5. The number of ketones is 2. The molecule has 0 bridgehead atoms. The van der Waals surface area contributed by atoms with E-state index in [1.807, 2.05) is 65.7 Å². The maximum Gasteiger partial charge on any atom is 0.238 e. The molecular formula is C34H25ClN2O4. The van der Waals surface area contributed by atoms with Crippen molar-refractivity contribution in [2.24, 2.45) is 5.92 Å². The third-order valence-corrected chi connectivity index (χ3v) is 8.94. The third-order valence-electron chi connectivity index (χ3n) is 8.62. The van der Waals surface area contributed by atoms with Gasteiger partial charge in [-0.05, 0) is 53.1 Å². The van der Waals surface area contributed by atoms with Gasteiger partial charge in [-0.1, -0.05) is 78.3 Å². The van der Waals surface area contributed by atoms with Crippen LogP contribution in [-0.4, -0.2) is 35.5 Å². The summed E-state index contributed by atoms with van der Waals surface area (Å²) in [5.41, 5.74) is 2.40. The molecule has 1 spiro atoms. The van der Waals surface area contributed by atoms with E-state index in [1.54, 1.807) is 48.5 Å². The van der Waals surface area contributed by atoms with E-state index in [2.05, 4.69) is 5.32 Å². The molecule has 1 N–H and O–H groups in total. The molecule has 3 aliphatic rings. The molecule has 7 heteroatoms. The molecule has 1 saturated heterocycles. The number of carbonyl (C=O) groups is 3. The first-order valence-electron chi connectivity index (χ1n) is 13.4. The lowest BCUT2D eigenvalue weighted by Gasteiger charge is -2.38. The van der Waals surface area contributed by atoms with E-state index in [0.717, 1.165) is 11.1 Å². The van der Waals surface area contributed by atoms with Crippen LogP contribution in [-0.2, 0) is 10.2 Å². The van der Waals surface area contributed by atoms with Gasteiger partial charge in [-0.25, -0.2) is 0 Å². The first kappa shape index (κ1) is 25.3. The summed E-state index contributed by atoms with van der Waals surface area (Å²) in [7, 11) is 1.53. The van der Waals surface area contributed by atoms with Gasteiger partial charge in [0.15, 0.2) is 11.6 Å². The van der Waals surface area contributed by atoms with E-state index in [4.69, 9.17) is 16.3 Å². The smallest absolute Gasteiger partial charge is 0.238 e. The fourth-order valence-corrected chi connectivity index (χ4v) is 7.17. The van der Waals surface area contributed by atoms with E-state index >= 15 is 0 Å². The molecule has 0 aliphatic carbocycles. The molecule has 4 aromatic rings. The van der Waals surface area contributed by atoms with Crippen molar-refractivity contribution in [2.45, 2.75) is 17.5 Å². The lowest BCUT2D eigenvalue weighted by molar-refractivity contribution is -0.122. The fraction of sp³-hybridized carbons (Fsp3) is 0.147. The average molecular weight is 561 g/mol. The minimum atomic E-state index is -1.40. The van der Waals surface area contributed by atoms with Gasteiger partial charge in [0.25, 0.3) is 0 Å². The minimum absolute atomic E-state index is 0.292. The Bertz CT molecular complexity index is 1780. The number of ether oxygens (including phenoxy) is 1. The van der Waals surface area contributed by atoms with E-state index in [-0.39, 0.29) is 17.5 Å². The molecular weight excluding hydrogens is 536 g/mol. The number of para-hydroxylation sites is 1. The summed E-state index contributed by atoms with van der Waals surface area (Å²) in [4.78, 5) is 45.8. The third kappa shape index (κ3) is 3.54. The normalized spacial score (nSPS) is 23.5. The molecule has 3 aliphatic heterocycles. The summed E-state index contributed by atoms with van der Waals surface area (Å²) in [5, 5.41) is 3.35. The van der Waals surface area contributed by atoms with Crippen LogP contribution < -0.4 is 10.1 Å². The highest BCUT2D eigenvalue weighted by Crippen LogP contribution is 2.62. The van der Waals surface area contributed by atoms with Crippen LogP contribution in [0.3, 0.4) is 0 Å². The Kier molecular flexibility index (Phi) is 5.84. The summed E-state index contributed by atoms with van der Waals surface area (Å²) in [6.45, 7) is 0. The van der Waals surface area contributed by atoms with E-state index in [1.165, 1.54) is 7.11 Å². The minimum Gasteiger partial charge on any atom is -0.497 e. The number of carbonyl (C=O) groups excluding carboxylic acids is 3. The topological polar surface area (TPSA) is 75.7 Å². The number of Topliss-reactive ketones (excluding diaryl/α,β-unsaturated/α-hetero) is 2. The Morgan fingerprint density at radius 1 is 0.902 bits per heavy atom. The number of benzene rings is 4. The van der Waals surface area contributed by atoms with Crippen molar-refractivity contribution in [3.8, 4) is 5.75 Å². The average Bonchev–Trinajstić information content (AvgIpc) is 3.49. The second-order valence-corrected chi connectivity index (χ2v) is 10.9. The van der Waals surface area contributed by atoms with Crippen LogP contribution in [0.5, 0.6) is 5.75 Å². The lowest BCUT2D eigenvalue weighted by Crippen LogP contribution is -2.49. The molecule has 0 saturated carbocycles. The first-order chi connectivity index (χ1) is 20.0. The second kappa shape index (κ2) is 9.46. The number of amides is 1. The Hall–Kier alpha value is -4.68. The summed E-state index contributed by atoms with van der Waals surface area (Å²) < 4.78 is 5.42. The van der Waals surface area contributed by atoms with Crippen LogP contribution in [0, 0.1) is 5.92 Å². The number of rotatable bonds is 5. The van der Waals surface area contributed by atoms with Crippen molar-refractivity contribution in [3.05, 3.63) is 136 Å². The second-order valence-electron chi connectivity index (χ2n) is 10.5. The molecule has 202 valence electrons. The van der Waals surface area contributed by atoms with E-state index in [0.29, 0.717) is 33.1 Å². The van der Waals surface area contributed by atoms with Gasteiger partial charge in [-0.15, -0.1) is 0 Å². The highest BCUT2D eigenvalue weighted by Gasteiger charge is 2.70. The van der Waals surface area contributed by atoms with Crippen molar-refractivity contribution < 1.29 is 19.1 Å². The van der Waals surface area contributed by atoms with Crippen molar-refractivity contribution in [1.29, 1.82) is 0 Å². The summed E-state index contributed by atoms with van der Waals surface area (Å²) in [5.74, 6) is -1.52. The van der Waals surface area contributed by atoms with Crippen LogP contribution in [0.25, 0.3) is 6.08 Å². The Balaban J connectivity index is 1.55. The molecule has 0 unspecified atom stereocenters. The molecule has 41 heavy (non-hydrogen) atoms. The van der Waals surface area contributed by atoms with Crippen molar-refractivity contribution in [2.75, 3.05) is 12.4 Å². The van der Waals surface area contributed by atoms with Crippen LogP contribution in [0.15, 0.2) is 103 Å². The van der Waals surface area contributed by atoms with Crippen LogP contribution in [0.1, 0.15) is 43.4 Å². The predicted octanol–water partition coefficient (Wildman–Crippen LogP) is 6.33. The molecule has 0 radical (unpaired) electrons. The fourth-order valence-electron chi connectivity index (χ4n) is 6.94. The van der Waals surface area contributed by atoms with Gasteiger partial charge >= 0.3 is 0 Å². The highest BCUT2D eigenvalue weighted by molar-refractivity contribution is 6.34. The maximum absolute atomic E-state index is 14.8. The van der Waals surface area contributed by atoms with Crippen LogP contribution in [0.2, 0.25) is 5.02 Å². The van der Waals surface area contributed by atoms with Gasteiger partial charge in [0.2, 0.25) is 5.91 Å². The van der Waals surface area contributed by atoms with E-state index in [9.17, 15) is 14.4 Å². The first-order valence-corrected chi connectivity index (χ1v) is 13.8. The number of hydrogen-bond donors (Lipinski definition) is 1. The number of halogens is 1. The van der Waals surface area contributed by atoms with Gasteiger partial charge in [-0.2, -0.15) is 0 Å². The zero-order valence-corrected chi connectivity index (χ0v) is 22.8. The number of nitrogens with zero attached hydrogens (tertiary/aromatic N) is 1. The number of nitrogens with one attached hydrogen (secondary N) is 1. The summed E-state index contributed by atoms with van der Waals surface area (Å²) in [6.07, 6.45) is 3.78. The number of methoxy groups -OCH3 is 1.